The van der Waals surface area contributed by atoms with Crippen LogP contribution in [0.1, 0.15) is 19.8 Å². The van der Waals surface area contributed by atoms with Crippen LogP contribution in [0.25, 0.3) is 0 Å². The first-order valence-electron chi connectivity index (χ1n) is 5.65. The highest BCUT2D eigenvalue weighted by molar-refractivity contribution is 7.98. The quantitative estimate of drug-likeness (QED) is 0.620. The molecule has 16 heavy (non-hydrogen) atoms. The van der Waals surface area contributed by atoms with Gasteiger partial charge in [-0.3, -0.25) is 0 Å². The molecule has 1 saturated heterocycles. The van der Waals surface area contributed by atoms with E-state index in [-0.39, 0.29) is 0 Å². The summed E-state index contributed by atoms with van der Waals surface area (Å²) in [5, 5.41) is 7.96. The molecule has 0 amide bonds. The zero-order valence-electron chi connectivity index (χ0n) is 9.73. The van der Waals surface area contributed by atoms with E-state index in [2.05, 4.69) is 27.5 Å². The Labute approximate surface area is 101 Å². The minimum atomic E-state index is 0.471. The smallest absolute Gasteiger partial charge is 0.130 e. The zero-order chi connectivity index (χ0) is 11.4. The topological polar surface area (TPSA) is 49.8 Å². The number of hydrogen-bond acceptors (Lipinski definition) is 5. The van der Waals surface area contributed by atoms with E-state index in [0.29, 0.717) is 12.1 Å². The molecular formula is C11H18N4S. The fourth-order valence-electron chi connectivity index (χ4n) is 1.96. The second-order valence-corrected chi connectivity index (χ2v) is 4.91. The van der Waals surface area contributed by atoms with E-state index >= 15 is 0 Å². The Bertz CT molecular complexity index is 345. The number of anilines is 1. The Kier molecular flexibility index (Phi) is 4.01. The van der Waals surface area contributed by atoms with Gasteiger partial charge in [-0.05, 0) is 32.6 Å². The van der Waals surface area contributed by atoms with Crippen LogP contribution in [0.2, 0.25) is 0 Å². The highest BCUT2D eigenvalue weighted by Crippen LogP contribution is 2.17. The van der Waals surface area contributed by atoms with Gasteiger partial charge in [0.2, 0.25) is 0 Å². The van der Waals surface area contributed by atoms with E-state index in [1.807, 2.05) is 12.3 Å². The number of aromatic nitrogens is 2. The van der Waals surface area contributed by atoms with Gasteiger partial charge in [-0.2, -0.15) is 0 Å². The average Bonchev–Trinajstić information content (AvgIpc) is 2.32. The standard InChI is InChI=1S/C11H18N4S/c1-8-9(4-3-5-12-8)15-10-6-11(16-2)14-7-13-10/h6-9,12H,3-5H2,1-2H3,(H,13,14,15). The average molecular weight is 238 g/mol. The van der Waals surface area contributed by atoms with Crippen molar-refractivity contribution < 1.29 is 0 Å². The van der Waals surface area contributed by atoms with Crippen LogP contribution in [-0.4, -0.2) is 34.9 Å². The van der Waals surface area contributed by atoms with Crippen molar-refractivity contribution in [2.24, 2.45) is 0 Å². The van der Waals surface area contributed by atoms with Gasteiger partial charge in [-0.1, -0.05) is 0 Å². The van der Waals surface area contributed by atoms with Gasteiger partial charge in [0, 0.05) is 18.2 Å². The molecule has 1 aromatic heterocycles. The summed E-state index contributed by atoms with van der Waals surface area (Å²) in [6.45, 7) is 3.34. The van der Waals surface area contributed by atoms with Crippen LogP contribution >= 0.6 is 11.8 Å². The monoisotopic (exact) mass is 238 g/mol. The summed E-state index contributed by atoms with van der Waals surface area (Å²) >= 11 is 1.64. The fourth-order valence-corrected chi connectivity index (χ4v) is 2.34. The van der Waals surface area contributed by atoms with Crippen molar-refractivity contribution in [1.82, 2.24) is 15.3 Å². The third-order valence-corrected chi connectivity index (χ3v) is 3.59. The molecule has 4 nitrogen and oxygen atoms in total. The van der Waals surface area contributed by atoms with Gasteiger partial charge in [-0.25, -0.2) is 9.97 Å². The summed E-state index contributed by atoms with van der Waals surface area (Å²) in [7, 11) is 0. The Morgan fingerprint density at radius 3 is 3.12 bits per heavy atom. The minimum Gasteiger partial charge on any atom is -0.366 e. The van der Waals surface area contributed by atoms with Crippen LogP contribution in [0.15, 0.2) is 17.4 Å². The number of piperidine rings is 1. The Morgan fingerprint density at radius 1 is 1.50 bits per heavy atom. The first-order chi connectivity index (χ1) is 7.79. The molecule has 0 radical (unpaired) electrons. The predicted molar refractivity (Wildman–Crippen MR) is 67.9 cm³/mol. The maximum atomic E-state index is 4.25. The molecule has 0 saturated carbocycles. The lowest BCUT2D eigenvalue weighted by Crippen LogP contribution is -2.46. The summed E-state index contributed by atoms with van der Waals surface area (Å²) in [5.74, 6) is 0.930. The number of thioether (sulfide) groups is 1. The summed E-state index contributed by atoms with van der Waals surface area (Å²) in [6, 6.07) is 2.98. The Hall–Kier alpha value is -0.810. The highest BCUT2D eigenvalue weighted by atomic mass is 32.2. The van der Waals surface area contributed by atoms with Crippen LogP contribution in [0.3, 0.4) is 0 Å². The minimum absolute atomic E-state index is 0.471. The van der Waals surface area contributed by atoms with Gasteiger partial charge in [-0.15, -0.1) is 11.8 Å². The molecule has 2 atom stereocenters. The first kappa shape index (κ1) is 11.7. The van der Waals surface area contributed by atoms with Crippen molar-refractivity contribution in [3.8, 4) is 0 Å². The van der Waals surface area contributed by atoms with Crippen LogP contribution in [-0.2, 0) is 0 Å². The van der Waals surface area contributed by atoms with Crippen LogP contribution < -0.4 is 10.6 Å². The van der Waals surface area contributed by atoms with Gasteiger partial charge in [0.05, 0.1) is 0 Å². The molecule has 1 fully saturated rings. The molecule has 0 aromatic carbocycles. The number of nitrogens with one attached hydrogen (secondary N) is 2. The molecule has 2 rings (SSSR count). The largest absolute Gasteiger partial charge is 0.366 e. The van der Waals surface area contributed by atoms with Crippen molar-refractivity contribution in [3.05, 3.63) is 12.4 Å². The van der Waals surface area contributed by atoms with Crippen molar-refractivity contribution in [3.63, 3.8) is 0 Å². The van der Waals surface area contributed by atoms with Gasteiger partial charge in [0.1, 0.15) is 17.2 Å². The molecule has 0 aliphatic carbocycles. The SMILES string of the molecule is CSc1cc(NC2CCCNC2C)ncn1. The van der Waals surface area contributed by atoms with Gasteiger partial charge in [0.15, 0.2) is 0 Å². The summed E-state index contributed by atoms with van der Waals surface area (Å²) in [5.41, 5.74) is 0. The first-order valence-corrected chi connectivity index (χ1v) is 6.88. The van der Waals surface area contributed by atoms with E-state index in [0.717, 1.165) is 17.4 Å². The highest BCUT2D eigenvalue weighted by Gasteiger charge is 2.20. The normalized spacial score (nSPS) is 25.4. The molecule has 5 heteroatoms. The van der Waals surface area contributed by atoms with Gasteiger partial charge < -0.3 is 10.6 Å². The van der Waals surface area contributed by atoms with Crippen molar-refractivity contribution in [2.75, 3.05) is 18.1 Å². The molecule has 1 aromatic rings. The lowest BCUT2D eigenvalue weighted by Gasteiger charge is -2.31. The summed E-state index contributed by atoms with van der Waals surface area (Å²) < 4.78 is 0. The van der Waals surface area contributed by atoms with E-state index in [9.17, 15) is 0 Å². The third-order valence-electron chi connectivity index (χ3n) is 2.95. The van der Waals surface area contributed by atoms with Crippen molar-refractivity contribution in [2.45, 2.75) is 36.9 Å². The van der Waals surface area contributed by atoms with Gasteiger partial charge in [0.25, 0.3) is 0 Å². The summed E-state index contributed by atoms with van der Waals surface area (Å²) in [4.78, 5) is 8.42. The second kappa shape index (κ2) is 5.50. The van der Waals surface area contributed by atoms with Gasteiger partial charge >= 0.3 is 0 Å². The molecular weight excluding hydrogens is 220 g/mol. The molecule has 1 aliphatic heterocycles. The number of rotatable bonds is 3. The molecule has 1 aliphatic rings. The number of nitrogens with zero attached hydrogens (tertiary/aromatic N) is 2. The van der Waals surface area contributed by atoms with Crippen LogP contribution in [0, 0.1) is 0 Å². The van der Waals surface area contributed by atoms with Crippen molar-refractivity contribution in [1.29, 1.82) is 0 Å². The fraction of sp³-hybridized carbons (Fsp3) is 0.636. The molecule has 2 N–H and O–H groups in total. The number of hydrogen-bond donors (Lipinski definition) is 2. The Morgan fingerprint density at radius 2 is 2.38 bits per heavy atom. The van der Waals surface area contributed by atoms with E-state index in [4.69, 9.17) is 0 Å². The van der Waals surface area contributed by atoms with Crippen molar-refractivity contribution >= 4 is 17.6 Å². The lowest BCUT2D eigenvalue weighted by atomic mass is 10.00. The third kappa shape index (κ3) is 2.86. The molecule has 0 bridgehead atoms. The van der Waals surface area contributed by atoms with E-state index in [1.54, 1.807) is 18.1 Å². The Balaban J connectivity index is 2.01. The zero-order valence-corrected chi connectivity index (χ0v) is 10.5. The van der Waals surface area contributed by atoms with E-state index in [1.165, 1.54) is 12.8 Å². The lowest BCUT2D eigenvalue weighted by molar-refractivity contribution is 0.388. The van der Waals surface area contributed by atoms with Crippen LogP contribution in [0.4, 0.5) is 5.82 Å². The maximum Gasteiger partial charge on any atom is 0.130 e. The molecule has 2 heterocycles. The maximum absolute atomic E-state index is 4.25. The van der Waals surface area contributed by atoms with Crippen LogP contribution in [0.5, 0.6) is 0 Å². The molecule has 2 unspecified atom stereocenters. The molecule has 88 valence electrons. The molecule has 0 spiro atoms. The summed E-state index contributed by atoms with van der Waals surface area (Å²) in [6.07, 6.45) is 6.07. The van der Waals surface area contributed by atoms with E-state index < -0.39 is 0 Å². The predicted octanol–water partition coefficient (Wildman–Crippen LogP) is 1.75. The second-order valence-electron chi connectivity index (χ2n) is 4.08.